The van der Waals surface area contributed by atoms with Crippen LogP contribution in [0.25, 0.3) is 0 Å². The molecule has 0 spiro atoms. The molecule has 0 amide bonds. The van der Waals surface area contributed by atoms with Crippen molar-refractivity contribution in [2.24, 2.45) is 0 Å². The summed E-state index contributed by atoms with van der Waals surface area (Å²) in [6, 6.07) is 0. The summed E-state index contributed by atoms with van der Waals surface area (Å²) in [6.07, 6.45) is 0. The molecule has 0 aromatic heterocycles. The minimum absolute atomic E-state index is 0. The van der Waals surface area contributed by atoms with Crippen LogP contribution in [0.1, 0.15) is 0 Å². The van der Waals surface area contributed by atoms with Gasteiger partial charge in [-0.25, -0.2) is 0 Å². The van der Waals surface area contributed by atoms with E-state index in [1.807, 2.05) is 0 Å². The average molecular weight is 359 g/mol. The van der Waals surface area contributed by atoms with Gasteiger partial charge in [0, 0.05) is 27.3 Å². The van der Waals surface area contributed by atoms with Crippen LogP contribution in [0.3, 0.4) is 0 Å². The van der Waals surface area contributed by atoms with Crippen LogP contribution >= 0.6 is 13.5 Å². The first-order valence-corrected chi connectivity index (χ1v) is 2.88. The topological polar surface area (TPSA) is 74.6 Å². The zero-order chi connectivity index (χ0) is 4.50. The SMILES string of the molecule is S.[O]=[Cr](=[O])([OH])[OH].[Pb]. The molecule has 0 unspecified atom stereocenters. The Balaban J connectivity index is -0.0000000800. The molecule has 0 atom stereocenters. The van der Waals surface area contributed by atoms with Crippen LogP contribution in [0.5, 0.6) is 0 Å². The van der Waals surface area contributed by atoms with Crippen molar-refractivity contribution in [3.05, 3.63) is 0 Å². The van der Waals surface area contributed by atoms with Gasteiger partial charge in [-0.3, -0.25) is 0 Å². The maximum Gasteiger partial charge on any atom is 0 e. The van der Waals surface area contributed by atoms with E-state index in [0.717, 1.165) is 0 Å². The van der Waals surface area contributed by atoms with Crippen molar-refractivity contribution in [2.45, 2.75) is 0 Å². The van der Waals surface area contributed by atoms with Gasteiger partial charge >= 0.3 is 29.5 Å². The van der Waals surface area contributed by atoms with Gasteiger partial charge in [-0.1, -0.05) is 0 Å². The van der Waals surface area contributed by atoms with E-state index in [1.165, 1.54) is 0 Å². The van der Waals surface area contributed by atoms with E-state index in [1.54, 1.807) is 0 Å². The van der Waals surface area contributed by atoms with Crippen LogP contribution < -0.4 is 0 Å². The molecule has 0 aromatic rings. The molecule has 7 heavy (non-hydrogen) atoms. The molecule has 0 aliphatic heterocycles. The molecule has 4 radical (unpaired) electrons. The van der Waals surface area contributed by atoms with Crippen molar-refractivity contribution >= 4 is 40.8 Å². The molecule has 2 N–H and O–H groups in total. The van der Waals surface area contributed by atoms with Crippen molar-refractivity contribution in [2.75, 3.05) is 0 Å². The molecule has 0 fully saturated rings. The summed E-state index contributed by atoms with van der Waals surface area (Å²) in [5.41, 5.74) is 0. The first kappa shape index (κ1) is 15.8. The summed E-state index contributed by atoms with van der Waals surface area (Å²) in [4.78, 5) is 0. The van der Waals surface area contributed by atoms with Crippen molar-refractivity contribution in [3.8, 4) is 0 Å². The molecule has 0 aromatic carbocycles. The van der Waals surface area contributed by atoms with Crippen LogP contribution in [-0.2, 0) is 21.2 Å². The van der Waals surface area contributed by atoms with Crippen LogP contribution in [-0.4, -0.2) is 35.6 Å². The summed E-state index contributed by atoms with van der Waals surface area (Å²) in [6.45, 7) is 0. The van der Waals surface area contributed by atoms with Crippen LogP contribution in [0, 0.1) is 0 Å². The van der Waals surface area contributed by atoms with Gasteiger partial charge < -0.3 is 0 Å². The molecule has 0 aliphatic rings. The molecular formula is H4CrO4PbS. The molecule has 0 saturated carbocycles. The Hall–Kier alpha value is 1.32. The predicted molar refractivity (Wildman–Crippen MR) is 21.9 cm³/mol. The van der Waals surface area contributed by atoms with E-state index in [9.17, 15) is 0 Å². The van der Waals surface area contributed by atoms with Crippen molar-refractivity contribution in [1.29, 1.82) is 0 Å². The fourth-order valence-corrected chi connectivity index (χ4v) is 0. The molecular weight excluding hydrogens is 355 g/mol. The summed E-state index contributed by atoms with van der Waals surface area (Å²) in [7, 11) is 0. The maximum atomic E-state index is 8.82. The Morgan fingerprint density at radius 1 is 1.14 bits per heavy atom. The standard InChI is InChI=1S/Cr.2H2O.2O.Pb.H2S/h;2*1H2;;;;1H2/q+2;;;;;;/p-2. The molecule has 0 saturated heterocycles. The molecule has 4 nitrogen and oxygen atoms in total. The van der Waals surface area contributed by atoms with E-state index >= 15 is 0 Å². The molecule has 0 bridgehead atoms. The fourth-order valence-electron chi connectivity index (χ4n) is 0. The van der Waals surface area contributed by atoms with Gasteiger partial charge in [-0.2, -0.15) is 13.5 Å². The summed E-state index contributed by atoms with van der Waals surface area (Å²) >= 11 is -5.25. The van der Waals surface area contributed by atoms with Gasteiger partial charge in [0.15, 0.2) is 0 Å². The third-order valence-corrected chi connectivity index (χ3v) is 0. The Morgan fingerprint density at radius 3 is 1.14 bits per heavy atom. The zero-order valence-corrected chi connectivity index (χ0v) is 9.28. The zero-order valence-electron chi connectivity index (χ0n) is 3.12. The van der Waals surface area contributed by atoms with Crippen molar-refractivity contribution in [3.63, 3.8) is 0 Å². The van der Waals surface area contributed by atoms with E-state index in [-0.39, 0.29) is 40.8 Å². The second-order valence-electron chi connectivity index (χ2n) is 0.448. The largest absolute Gasteiger partial charge is 0 e. The smallest absolute Gasteiger partial charge is 0 e. The fraction of sp³-hybridized carbons (Fsp3) is 0. The van der Waals surface area contributed by atoms with Gasteiger partial charge in [-0.15, -0.1) is 0 Å². The van der Waals surface area contributed by atoms with E-state index in [0.29, 0.717) is 0 Å². The van der Waals surface area contributed by atoms with E-state index < -0.39 is 13.6 Å². The monoisotopic (exact) mass is 360 g/mol. The number of rotatable bonds is 0. The Morgan fingerprint density at radius 2 is 1.14 bits per heavy atom. The van der Waals surface area contributed by atoms with Crippen molar-refractivity contribution < 1.29 is 29.5 Å². The third kappa shape index (κ3) is 118. The maximum absolute atomic E-state index is 8.82. The third-order valence-electron chi connectivity index (χ3n) is 0. The summed E-state index contributed by atoms with van der Waals surface area (Å²) in [5.74, 6) is 0. The Kier molecular flexibility index (Phi) is 12.3. The van der Waals surface area contributed by atoms with Gasteiger partial charge in [0.25, 0.3) is 0 Å². The quantitative estimate of drug-likeness (QED) is 0.510. The Labute approximate surface area is 69.9 Å². The number of hydrogen-bond donors (Lipinski definition) is 2. The molecule has 0 rings (SSSR count). The average Bonchev–Trinajstić information content (AvgIpc) is 0.722. The van der Waals surface area contributed by atoms with Crippen LogP contribution in [0.4, 0.5) is 0 Å². The summed E-state index contributed by atoms with van der Waals surface area (Å²) in [5, 5.41) is 0. The second-order valence-corrected chi connectivity index (χ2v) is 1.85. The van der Waals surface area contributed by atoms with Gasteiger partial charge in [0.1, 0.15) is 0 Å². The van der Waals surface area contributed by atoms with E-state index in [4.69, 9.17) is 15.9 Å². The number of hydrogen-bond acceptors (Lipinski definition) is 2. The van der Waals surface area contributed by atoms with Crippen LogP contribution in [0.2, 0.25) is 0 Å². The Bertz CT molecular complexity index is 94.9. The second kappa shape index (κ2) is 5.46. The first-order valence-electron chi connectivity index (χ1n) is 0.698. The molecule has 7 heteroatoms. The molecule has 0 heterocycles. The molecule has 44 valence electrons. The van der Waals surface area contributed by atoms with Gasteiger partial charge in [0.2, 0.25) is 0 Å². The minimum atomic E-state index is -5.25. The van der Waals surface area contributed by atoms with E-state index in [2.05, 4.69) is 0 Å². The van der Waals surface area contributed by atoms with Crippen molar-refractivity contribution in [1.82, 2.24) is 0 Å². The van der Waals surface area contributed by atoms with Crippen LogP contribution in [0.15, 0.2) is 0 Å². The minimum Gasteiger partial charge on any atom is 0 e. The first-order chi connectivity index (χ1) is 2.00. The van der Waals surface area contributed by atoms with Gasteiger partial charge in [0.05, 0.1) is 0 Å². The predicted octanol–water partition coefficient (Wildman–Crippen LogP) is -1.62. The molecule has 0 aliphatic carbocycles. The summed E-state index contributed by atoms with van der Waals surface area (Å²) < 4.78 is 31.9. The van der Waals surface area contributed by atoms with Gasteiger partial charge in [-0.05, 0) is 0 Å². The normalized spacial score (nSPS) is 8.29.